The third-order valence-corrected chi connectivity index (χ3v) is 5.08. The molecule has 4 rings (SSSR count). The van der Waals surface area contributed by atoms with E-state index < -0.39 is 0 Å². The molecule has 22 heavy (non-hydrogen) atoms. The van der Waals surface area contributed by atoms with E-state index in [0.29, 0.717) is 6.04 Å². The normalized spacial score (nSPS) is 16.3. The average molecular weight is 311 g/mol. The second-order valence-corrected chi connectivity index (χ2v) is 6.46. The first kappa shape index (κ1) is 13.5. The lowest BCUT2D eigenvalue weighted by Crippen LogP contribution is -2.38. The molecule has 0 unspecified atom stereocenters. The molecule has 0 bridgehead atoms. The number of likely N-dealkylation sites (tertiary alicyclic amines) is 1. The van der Waals surface area contributed by atoms with Gasteiger partial charge in [-0.25, -0.2) is 4.98 Å². The van der Waals surface area contributed by atoms with E-state index in [1.165, 1.54) is 5.52 Å². The number of amides is 1. The first-order chi connectivity index (χ1) is 10.8. The average Bonchev–Trinajstić information content (AvgIpc) is 3.24. The van der Waals surface area contributed by atoms with Gasteiger partial charge in [0.15, 0.2) is 0 Å². The number of carbonyl (C=O) groups excluding carboxylic acids is 1. The molecule has 3 aromatic rings. The highest BCUT2D eigenvalue weighted by atomic mass is 32.1. The molecule has 1 aliphatic rings. The predicted molar refractivity (Wildman–Crippen MR) is 88.2 cm³/mol. The number of thiophene rings is 1. The molecule has 0 aliphatic carbocycles. The molecule has 5 heteroatoms. The molecule has 0 saturated carbocycles. The molecule has 0 radical (unpaired) electrons. The zero-order valence-corrected chi connectivity index (χ0v) is 13.0. The number of hydrogen-bond donors (Lipinski definition) is 0. The molecule has 1 amide bonds. The van der Waals surface area contributed by atoms with Crippen LogP contribution in [0.15, 0.2) is 47.4 Å². The number of piperidine rings is 1. The second kappa shape index (κ2) is 5.57. The lowest BCUT2D eigenvalue weighted by molar-refractivity contribution is 0.0696. The van der Waals surface area contributed by atoms with Gasteiger partial charge in [0.25, 0.3) is 5.91 Å². The highest BCUT2D eigenvalue weighted by Gasteiger charge is 2.25. The van der Waals surface area contributed by atoms with Crippen molar-refractivity contribution in [1.82, 2.24) is 14.5 Å². The summed E-state index contributed by atoms with van der Waals surface area (Å²) in [7, 11) is 0. The lowest BCUT2D eigenvalue weighted by atomic mass is 10.0. The molecule has 0 N–H and O–H groups in total. The molecular weight excluding hydrogens is 294 g/mol. The SMILES string of the molecule is O=C(c1ccsc1)N1CCC(n2cnc3ccccc32)CC1. The predicted octanol–water partition coefficient (Wildman–Crippen LogP) is 3.58. The quantitative estimate of drug-likeness (QED) is 0.725. The minimum absolute atomic E-state index is 0.162. The van der Waals surface area contributed by atoms with Crippen molar-refractivity contribution in [2.45, 2.75) is 18.9 Å². The van der Waals surface area contributed by atoms with Crippen LogP contribution in [-0.2, 0) is 0 Å². The van der Waals surface area contributed by atoms with E-state index in [9.17, 15) is 4.79 Å². The van der Waals surface area contributed by atoms with Crippen molar-refractivity contribution < 1.29 is 4.79 Å². The number of imidazole rings is 1. The van der Waals surface area contributed by atoms with E-state index in [1.54, 1.807) is 11.3 Å². The summed E-state index contributed by atoms with van der Waals surface area (Å²) in [6, 6.07) is 10.6. The van der Waals surface area contributed by atoms with E-state index in [1.807, 2.05) is 40.2 Å². The Balaban J connectivity index is 1.49. The maximum Gasteiger partial charge on any atom is 0.254 e. The van der Waals surface area contributed by atoms with Crippen LogP contribution in [0.5, 0.6) is 0 Å². The summed E-state index contributed by atoms with van der Waals surface area (Å²) in [4.78, 5) is 18.8. The maximum absolute atomic E-state index is 12.4. The van der Waals surface area contributed by atoms with Gasteiger partial charge in [0.2, 0.25) is 0 Å². The zero-order chi connectivity index (χ0) is 14.9. The summed E-state index contributed by atoms with van der Waals surface area (Å²) in [5.41, 5.74) is 3.04. The largest absolute Gasteiger partial charge is 0.338 e. The number of benzene rings is 1. The third kappa shape index (κ3) is 2.31. The van der Waals surface area contributed by atoms with Crippen LogP contribution in [0.2, 0.25) is 0 Å². The van der Waals surface area contributed by atoms with E-state index in [0.717, 1.165) is 37.0 Å². The number of fused-ring (bicyclic) bond motifs is 1. The van der Waals surface area contributed by atoms with Crippen molar-refractivity contribution in [3.63, 3.8) is 0 Å². The fraction of sp³-hybridized carbons (Fsp3) is 0.294. The van der Waals surface area contributed by atoms with Crippen LogP contribution >= 0.6 is 11.3 Å². The zero-order valence-electron chi connectivity index (χ0n) is 12.2. The highest BCUT2D eigenvalue weighted by molar-refractivity contribution is 7.08. The molecule has 3 heterocycles. The Bertz CT molecular complexity index is 785. The number of aromatic nitrogens is 2. The van der Waals surface area contributed by atoms with Crippen molar-refractivity contribution in [1.29, 1.82) is 0 Å². The highest BCUT2D eigenvalue weighted by Crippen LogP contribution is 2.27. The van der Waals surface area contributed by atoms with E-state index >= 15 is 0 Å². The van der Waals surface area contributed by atoms with Gasteiger partial charge in [-0.15, -0.1) is 0 Å². The van der Waals surface area contributed by atoms with Crippen LogP contribution < -0.4 is 0 Å². The summed E-state index contributed by atoms with van der Waals surface area (Å²) >= 11 is 1.57. The van der Waals surface area contributed by atoms with E-state index in [4.69, 9.17) is 0 Å². The van der Waals surface area contributed by atoms with Gasteiger partial charge in [0, 0.05) is 24.5 Å². The molecule has 1 saturated heterocycles. The molecule has 1 fully saturated rings. The Morgan fingerprint density at radius 1 is 1.18 bits per heavy atom. The summed E-state index contributed by atoms with van der Waals surface area (Å²) in [6.45, 7) is 1.62. The van der Waals surface area contributed by atoms with Gasteiger partial charge in [-0.3, -0.25) is 4.79 Å². The van der Waals surface area contributed by atoms with Crippen LogP contribution in [-0.4, -0.2) is 33.4 Å². The maximum atomic E-state index is 12.4. The van der Waals surface area contributed by atoms with Crippen LogP contribution in [0.3, 0.4) is 0 Å². The standard InChI is InChI=1S/C17H17N3OS/c21-17(13-7-10-22-11-13)19-8-5-14(6-9-19)20-12-18-15-3-1-2-4-16(15)20/h1-4,7,10-12,14H,5-6,8-9H2. The fourth-order valence-electron chi connectivity index (χ4n) is 3.19. The van der Waals surface area contributed by atoms with E-state index in [-0.39, 0.29) is 5.91 Å². The molecule has 0 spiro atoms. The van der Waals surface area contributed by atoms with Crippen molar-refractivity contribution in [2.24, 2.45) is 0 Å². The molecular formula is C17H17N3OS. The fourth-order valence-corrected chi connectivity index (χ4v) is 3.81. The number of rotatable bonds is 2. The molecule has 1 aliphatic heterocycles. The van der Waals surface area contributed by atoms with Crippen LogP contribution in [0.25, 0.3) is 11.0 Å². The summed E-state index contributed by atoms with van der Waals surface area (Å²) in [5, 5.41) is 3.88. The third-order valence-electron chi connectivity index (χ3n) is 4.39. The number of hydrogen-bond acceptors (Lipinski definition) is 3. The Morgan fingerprint density at radius 3 is 2.77 bits per heavy atom. The summed E-state index contributed by atoms with van der Waals surface area (Å²) < 4.78 is 2.27. The van der Waals surface area contributed by atoms with Crippen molar-refractivity contribution >= 4 is 28.3 Å². The smallest absolute Gasteiger partial charge is 0.254 e. The first-order valence-corrected chi connectivity index (χ1v) is 8.50. The van der Waals surface area contributed by atoms with Gasteiger partial charge in [-0.2, -0.15) is 11.3 Å². The van der Waals surface area contributed by atoms with Crippen molar-refractivity contribution in [3.05, 3.63) is 53.0 Å². The van der Waals surface area contributed by atoms with Crippen molar-refractivity contribution in [3.8, 4) is 0 Å². The minimum atomic E-state index is 0.162. The number of para-hydroxylation sites is 2. The second-order valence-electron chi connectivity index (χ2n) is 5.68. The summed E-state index contributed by atoms with van der Waals surface area (Å²) in [6.07, 6.45) is 3.90. The van der Waals surface area contributed by atoms with Gasteiger partial charge in [-0.05, 0) is 36.4 Å². The van der Waals surface area contributed by atoms with Crippen LogP contribution in [0.4, 0.5) is 0 Å². The molecule has 0 atom stereocenters. The van der Waals surface area contributed by atoms with Gasteiger partial charge in [-0.1, -0.05) is 12.1 Å². The molecule has 1 aromatic carbocycles. The van der Waals surface area contributed by atoms with Gasteiger partial charge < -0.3 is 9.47 Å². The number of carbonyl (C=O) groups is 1. The molecule has 2 aromatic heterocycles. The van der Waals surface area contributed by atoms with E-state index in [2.05, 4.69) is 21.7 Å². The topological polar surface area (TPSA) is 38.1 Å². The first-order valence-electron chi connectivity index (χ1n) is 7.56. The lowest BCUT2D eigenvalue weighted by Gasteiger charge is -2.32. The van der Waals surface area contributed by atoms with Crippen LogP contribution in [0.1, 0.15) is 29.2 Å². The monoisotopic (exact) mass is 311 g/mol. The Kier molecular flexibility index (Phi) is 3.42. The molecule has 4 nitrogen and oxygen atoms in total. The van der Waals surface area contributed by atoms with Crippen LogP contribution in [0, 0.1) is 0 Å². The Morgan fingerprint density at radius 2 is 2.00 bits per heavy atom. The number of nitrogens with zero attached hydrogens (tertiary/aromatic N) is 3. The van der Waals surface area contributed by atoms with Gasteiger partial charge in [0.1, 0.15) is 0 Å². The Labute approximate surface area is 133 Å². The van der Waals surface area contributed by atoms with Gasteiger partial charge in [0.05, 0.1) is 22.9 Å². The Hall–Kier alpha value is -2.14. The van der Waals surface area contributed by atoms with Crippen molar-refractivity contribution in [2.75, 3.05) is 13.1 Å². The molecule has 112 valence electrons. The van der Waals surface area contributed by atoms with Gasteiger partial charge >= 0.3 is 0 Å². The summed E-state index contributed by atoms with van der Waals surface area (Å²) in [5.74, 6) is 0.162. The minimum Gasteiger partial charge on any atom is -0.338 e.